The standard InChI is InChI=1S/C34H53NO6.C32H53NO5.CH2O3.CH4O.2K.H/c1-18-16-21(26(29(6,7)38)40-20(3)36)41-34-25(18)30(8)14-15-33-17-32(33)13-12-24(37)28(4,5)22(32)10-11-23(33)31(30,9)27(34)39-19(2)35-34;1-17-15-19(24(35)27(5,6)36)38-32-23(17)28(7)13-14-31-16-30(31)12-11-22(34)26(3,4)20(30)9-10-21(31)29(28,8)25(32)37-18(2)33-32;2-1-4-3;1-2;;;/h18,21-27,37-38H,10-17H2,1-9H3;17-25,33-36H,9-16H2,1-8H3;1,3H;2H,1H3;;;/q;;;;2*+1;-1/p-1/t18-,21-,22+,23+,24+,25-,26+,27?,30-,31-,32-,33+,34?;17-,18?,19-,20+,21+,22+,23-,24+,25?,28-,29-,30-,31+,32?;;;;;/m11...../s1. The van der Waals surface area contributed by atoms with Gasteiger partial charge in [0.15, 0.2) is 23.8 Å². The number of aliphatic hydroxyl groups excluding tert-OH is 4. The molecule has 19 heteroatoms. The van der Waals surface area contributed by atoms with Crippen LogP contribution >= 0.6 is 0 Å². The molecular formula is C68H112K2N2O15. The van der Waals surface area contributed by atoms with E-state index in [0.29, 0.717) is 63.6 Å². The number of ether oxygens (including phenoxy) is 5. The van der Waals surface area contributed by atoms with Gasteiger partial charge in [-0.15, -0.1) is 0 Å². The molecule has 13 fully saturated rings. The fourth-order valence-electron chi connectivity index (χ4n) is 26.5. The van der Waals surface area contributed by atoms with Crippen molar-refractivity contribution in [1.82, 2.24) is 5.32 Å². The normalized spacial score (nSPS) is 52.9. The smallest absolute Gasteiger partial charge is 1.00 e. The van der Waals surface area contributed by atoms with Crippen LogP contribution in [0.25, 0.3) is 0 Å². The summed E-state index contributed by atoms with van der Waals surface area (Å²) in [5.74, 6) is 3.58. The van der Waals surface area contributed by atoms with Gasteiger partial charge in [-0.2, -0.15) is 0 Å². The van der Waals surface area contributed by atoms with E-state index in [0.717, 1.165) is 45.6 Å². The number of carbonyl (C=O) groups excluding carboxylic acids is 2. The molecule has 17 nitrogen and oxygen atoms in total. The molecule has 10 saturated carbocycles. The zero-order valence-corrected chi connectivity index (χ0v) is 63.3. The van der Waals surface area contributed by atoms with Crippen LogP contribution in [0.1, 0.15) is 222 Å². The molecule has 14 aliphatic rings. The van der Waals surface area contributed by atoms with Gasteiger partial charge in [0.2, 0.25) is 5.72 Å². The number of hydrogen-bond acceptors (Lipinski definition) is 17. The molecule has 14 rings (SSSR count). The molecule has 0 aromatic carbocycles. The van der Waals surface area contributed by atoms with Gasteiger partial charge in [0.1, 0.15) is 24.5 Å². The molecule has 5 unspecified atom stereocenters. The average Bonchev–Trinajstić information content (AvgIpc) is 1.46. The molecule has 0 amide bonds. The van der Waals surface area contributed by atoms with Crippen LogP contribution < -0.4 is 113 Å². The van der Waals surface area contributed by atoms with Crippen LogP contribution in [-0.4, -0.2) is 134 Å². The summed E-state index contributed by atoms with van der Waals surface area (Å²) in [7, 11) is 1.00. The first-order chi connectivity index (χ1) is 39.3. The Morgan fingerprint density at radius 3 is 1.59 bits per heavy atom. The summed E-state index contributed by atoms with van der Waals surface area (Å²) in [6, 6.07) is 0. The zero-order valence-electron chi connectivity index (χ0n) is 58.0. The zero-order chi connectivity index (χ0) is 62.6. The molecule has 0 bridgehead atoms. The summed E-state index contributed by atoms with van der Waals surface area (Å²) in [4.78, 5) is 28.7. The van der Waals surface area contributed by atoms with Crippen molar-refractivity contribution < 1.29 is 178 Å². The SMILES string of the molecule is CC(=O)O[C@@H]([C@H]1C[C@@H](C)[C@H]2C3(N=C(C)OC3[C@@]3(C)[C@@H]4CC[C@H]5C(C)(C)[C@@H](O)CC[C@@]56C[C@@]46CC[C@]23C)O1)C(C)(C)O.CC1NC23O[C@@H]([C@H](O)C(C)(C)O)C[C@@H](C)[C@@H]2[C@@]2(C)CC[C@@]45C[C@@]46CC[C@H](O)C(C)(C)[C@@H]6CC[C@H]5[C@]2(C)C3O1.CO.O=CO[O-].[H-].[K+].[K+]. The monoisotopic (exact) mass is 1270 g/mol. The number of esters is 1. The second kappa shape index (κ2) is 23.2. The van der Waals surface area contributed by atoms with Gasteiger partial charge in [0, 0.05) is 43.6 Å². The van der Waals surface area contributed by atoms with Gasteiger partial charge in [-0.25, -0.2) is 4.99 Å². The first kappa shape index (κ1) is 72.5. The Balaban J connectivity index is 0.000000203. The summed E-state index contributed by atoms with van der Waals surface area (Å²) in [5, 5.41) is 74.4. The van der Waals surface area contributed by atoms with Crippen molar-refractivity contribution in [2.75, 3.05) is 7.11 Å². The van der Waals surface area contributed by atoms with E-state index >= 15 is 0 Å². The van der Waals surface area contributed by atoms with Gasteiger partial charge in [-0.3, -0.25) is 14.9 Å². The number of rotatable bonds is 6. The summed E-state index contributed by atoms with van der Waals surface area (Å²) in [6.07, 6.45) is 14.3. The van der Waals surface area contributed by atoms with Gasteiger partial charge in [-0.05, 0) is 216 Å². The van der Waals surface area contributed by atoms with Gasteiger partial charge < -0.3 is 65.9 Å². The van der Waals surface area contributed by atoms with E-state index in [1.165, 1.54) is 64.7 Å². The van der Waals surface area contributed by atoms with E-state index in [2.05, 4.69) is 86.4 Å². The third kappa shape index (κ3) is 9.51. The number of aliphatic hydroxyl groups is 6. The van der Waals surface area contributed by atoms with Crippen molar-refractivity contribution in [3.63, 3.8) is 0 Å². The molecular weight excluding hydrogens is 1160 g/mol. The fraction of sp³-hybridized carbons (Fsp3) is 0.956. The predicted molar refractivity (Wildman–Crippen MR) is 316 cm³/mol. The van der Waals surface area contributed by atoms with Crippen molar-refractivity contribution in [1.29, 1.82) is 0 Å². The summed E-state index contributed by atoms with van der Waals surface area (Å²) >= 11 is 0. The number of nitrogens with one attached hydrogen (secondary N) is 1. The maximum Gasteiger partial charge on any atom is 1.00 e. The molecule has 6 spiro atoms. The van der Waals surface area contributed by atoms with Crippen LogP contribution in [0.4, 0.5) is 0 Å². The average molecular weight is 1280 g/mol. The quantitative estimate of drug-likeness (QED) is 0.0663. The van der Waals surface area contributed by atoms with Gasteiger partial charge in [0.25, 0.3) is 6.47 Å². The first-order valence-electron chi connectivity index (χ1n) is 33.2. The topological polar surface area (TPSA) is 258 Å². The minimum atomic E-state index is -1.26. The van der Waals surface area contributed by atoms with Crippen LogP contribution in [0.3, 0.4) is 0 Å². The van der Waals surface area contributed by atoms with Crippen molar-refractivity contribution >= 4 is 18.3 Å². The van der Waals surface area contributed by atoms with E-state index in [1.54, 1.807) is 27.7 Å². The summed E-state index contributed by atoms with van der Waals surface area (Å²) < 4.78 is 33.8. The predicted octanol–water partition coefficient (Wildman–Crippen LogP) is 2.40. The molecule has 486 valence electrons. The third-order valence-corrected chi connectivity index (χ3v) is 29.5. The number of aliphatic imine (C=N–C) groups is 1. The minimum absolute atomic E-state index is 0. The Bertz CT molecular complexity index is 2660. The van der Waals surface area contributed by atoms with E-state index in [9.17, 15) is 30.3 Å². The maximum atomic E-state index is 12.2. The maximum absolute atomic E-state index is 12.2. The first-order valence-corrected chi connectivity index (χ1v) is 33.2. The van der Waals surface area contributed by atoms with E-state index < -0.39 is 53.0 Å². The van der Waals surface area contributed by atoms with Crippen molar-refractivity contribution in [2.24, 2.45) is 106 Å². The van der Waals surface area contributed by atoms with Crippen LogP contribution in [-0.2, 0) is 38.2 Å². The Kier molecular flexibility index (Phi) is 19.3. The Hall–Kier alpha value is 1.24. The van der Waals surface area contributed by atoms with E-state index in [-0.39, 0.29) is 192 Å². The molecule has 7 N–H and O–H groups in total. The molecule has 3 saturated heterocycles. The minimum Gasteiger partial charge on any atom is -1.00 e. The van der Waals surface area contributed by atoms with Crippen LogP contribution in [0.5, 0.6) is 0 Å². The third-order valence-electron chi connectivity index (χ3n) is 29.5. The van der Waals surface area contributed by atoms with Crippen LogP contribution in [0.15, 0.2) is 4.99 Å². The Morgan fingerprint density at radius 2 is 1.13 bits per heavy atom. The fourth-order valence-corrected chi connectivity index (χ4v) is 26.5. The van der Waals surface area contributed by atoms with Crippen molar-refractivity contribution in [3.8, 4) is 0 Å². The van der Waals surface area contributed by atoms with Gasteiger partial charge in [-0.1, -0.05) is 69.2 Å². The molecule has 0 aromatic rings. The van der Waals surface area contributed by atoms with E-state index in [4.69, 9.17) is 43.8 Å². The van der Waals surface area contributed by atoms with Crippen LogP contribution in [0.2, 0.25) is 0 Å². The van der Waals surface area contributed by atoms with Crippen LogP contribution in [0, 0.1) is 101 Å². The molecule has 27 atom stereocenters. The number of hydrogen-bond donors (Lipinski definition) is 7. The molecule has 0 radical (unpaired) electrons. The second-order valence-corrected chi connectivity index (χ2v) is 34.1. The Morgan fingerprint density at radius 1 is 0.690 bits per heavy atom. The van der Waals surface area contributed by atoms with Gasteiger partial charge in [0.05, 0.1) is 29.5 Å². The van der Waals surface area contributed by atoms with Crippen molar-refractivity contribution in [2.45, 2.75) is 298 Å². The van der Waals surface area contributed by atoms with E-state index in [1.807, 2.05) is 6.92 Å². The molecule has 87 heavy (non-hydrogen) atoms. The molecule has 4 heterocycles. The van der Waals surface area contributed by atoms with Gasteiger partial charge >= 0.3 is 109 Å². The summed E-state index contributed by atoms with van der Waals surface area (Å²) in [5.41, 5.74) is -2.85. The van der Waals surface area contributed by atoms with Crippen molar-refractivity contribution in [3.05, 3.63) is 0 Å². The second-order valence-electron chi connectivity index (χ2n) is 34.1. The summed E-state index contributed by atoms with van der Waals surface area (Å²) in [6.45, 7) is 36.1. The molecule has 4 aliphatic heterocycles. The molecule has 10 aliphatic carbocycles. The Labute approximate surface area is 606 Å². The number of nitrogens with zero attached hydrogens (tertiary/aromatic N) is 1. The number of fused-ring (bicyclic) bond motifs is 8. The largest absolute Gasteiger partial charge is 1.00 e. The molecule has 0 aromatic heterocycles. The number of carbonyl (C=O) groups is 2.